The van der Waals surface area contributed by atoms with Crippen LogP contribution in [0.2, 0.25) is 0 Å². The number of benzene rings is 1. The van der Waals surface area contributed by atoms with Gasteiger partial charge in [0.1, 0.15) is 5.76 Å². The first kappa shape index (κ1) is 20.1. The zero-order valence-corrected chi connectivity index (χ0v) is 18.2. The van der Waals surface area contributed by atoms with Crippen LogP contribution >= 0.6 is 0 Å². The normalized spacial score (nSPS) is 17.1. The summed E-state index contributed by atoms with van der Waals surface area (Å²) in [5.41, 5.74) is 6.31. The lowest BCUT2D eigenvalue weighted by Crippen LogP contribution is -2.34. The van der Waals surface area contributed by atoms with Crippen LogP contribution in [-0.4, -0.2) is 31.8 Å². The number of furan rings is 1. The van der Waals surface area contributed by atoms with Gasteiger partial charge < -0.3 is 14.6 Å². The van der Waals surface area contributed by atoms with Crippen LogP contribution in [0, 0.1) is 0 Å². The lowest BCUT2D eigenvalue weighted by Gasteiger charge is -2.24. The molecule has 0 fully saturated rings. The number of urea groups is 1. The summed E-state index contributed by atoms with van der Waals surface area (Å²) >= 11 is 0. The summed E-state index contributed by atoms with van der Waals surface area (Å²) in [4.78, 5) is 25.9. The molecule has 3 amide bonds. The van der Waals surface area contributed by atoms with E-state index in [1.165, 1.54) is 24.1 Å². The van der Waals surface area contributed by atoms with Crippen molar-refractivity contribution in [1.29, 1.82) is 0 Å². The molecule has 164 valence electrons. The maximum Gasteiger partial charge on any atom is 0.333 e. The Labute approximate surface area is 181 Å². The molecule has 2 aliphatic carbocycles. The van der Waals surface area contributed by atoms with Crippen molar-refractivity contribution in [3.63, 3.8) is 0 Å². The highest BCUT2D eigenvalue weighted by Gasteiger charge is 2.30. The Morgan fingerprint density at radius 1 is 0.968 bits per heavy atom. The van der Waals surface area contributed by atoms with Gasteiger partial charge in [-0.15, -0.1) is 0 Å². The van der Waals surface area contributed by atoms with Gasteiger partial charge >= 0.3 is 6.03 Å². The molecule has 2 N–H and O–H groups in total. The van der Waals surface area contributed by atoms with Crippen molar-refractivity contribution in [3.8, 4) is 0 Å². The summed E-state index contributed by atoms with van der Waals surface area (Å²) in [6, 6.07) is 2.91. The van der Waals surface area contributed by atoms with Crippen LogP contribution < -0.4 is 10.0 Å². The Morgan fingerprint density at radius 2 is 1.65 bits per heavy atom. The van der Waals surface area contributed by atoms with Gasteiger partial charge in [-0.05, 0) is 72.8 Å². The van der Waals surface area contributed by atoms with Gasteiger partial charge in [0.05, 0.1) is 6.54 Å². The first-order valence-electron chi connectivity index (χ1n) is 10.7. The number of aryl methyl sites for hydroxylation is 2. The smallest absolute Gasteiger partial charge is 0.333 e. The summed E-state index contributed by atoms with van der Waals surface area (Å²) in [6.45, 7) is 2.21. The topological polar surface area (TPSA) is 109 Å². The molecule has 2 aromatic rings. The molecule has 5 rings (SSSR count). The Morgan fingerprint density at radius 3 is 2.29 bits per heavy atom. The number of rotatable bonds is 3. The molecule has 8 nitrogen and oxygen atoms in total. The molecule has 0 radical (unpaired) electrons. The Hall–Kier alpha value is -2.81. The molecular weight excluding hydrogens is 418 g/mol. The molecule has 0 bridgehead atoms. The van der Waals surface area contributed by atoms with Crippen LogP contribution in [0.4, 0.5) is 10.5 Å². The Bertz CT molecular complexity index is 1170. The molecule has 31 heavy (non-hydrogen) atoms. The molecule has 3 aliphatic rings. The third kappa shape index (κ3) is 3.60. The van der Waals surface area contributed by atoms with Gasteiger partial charge in [-0.25, -0.2) is 9.52 Å². The second-order valence-electron chi connectivity index (χ2n) is 8.50. The van der Waals surface area contributed by atoms with E-state index in [2.05, 4.69) is 16.1 Å². The van der Waals surface area contributed by atoms with Crippen LogP contribution in [0.1, 0.15) is 53.3 Å². The average molecular weight is 444 g/mol. The number of anilines is 1. The zero-order chi connectivity index (χ0) is 21.8. The van der Waals surface area contributed by atoms with E-state index in [1.807, 2.05) is 0 Å². The summed E-state index contributed by atoms with van der Waals surface area (Å²) in [5, 5.41) is 2.52. The minimum atomic E-state index is -4.17. The molecular formula is C22H25N3O5S. The molecule has 0 saturated carbocycles. The number of hydrogen-bond acceptors (Lipinski definition) is 5. The largest absolute Gasteiger partial charge is 0.446 e. The lowest BCUT2D eigenvalue weighted by atomic mass is 9.99. The highest BCUT2D eigenvalue weighted by molar-refractivity contribution is 7.89. The molecule has 0 atom stereocenters. The number of sulfonamides is 1. The number of carbonyl (C=O) groups excluding carboxylic acids is 2. The summed E-state index contributed by atoms with van der Waals surface area (Å²) in [6.07, 6.45) is 6.37. The van der Waals surface area contributed by atoms with Crippen LogP contribution in [0.3, 0.4) is 0 Å². The molecule has 2 heterocycles. The van der Waals surface area contributed by atoms with Gasteiger partial charge in [-0.2, -0.15) is 8.42 Å². The molecule has 1 aromatic heterocycles. The predicted octanol–water partition coefficient (Wildman–Crippen LogP) is 2.67. The highest BCUT2D eigenvalue weighted by atomic mass is 32.2. The van der Waals surface area contributed by atoms with Crippen LogP contribution in [0.5, 0.6) is 0 Å². The van der Waals surface area contributed by atoms with Gasteiger partial charge in [0, 0.05) is 25.2 Å². The fourth-order valence-corrected chi connectivity index (χ4v) is 5.88. The molecule has 1 aromatic carbocycles. The SMILES string of the molecule is CC(=O)N1CCc2cc(S(=O)(=O)NC(=O)Nc3c4c(cc5c3CCC5)CCC4)oc2C1. The van der Waals surface area contributed by atoms with Gasteiger partial charge in [0.25, 0.3) is 10.0 Å². The van der Waals surface area contributed by atoms with Crippen LogP contribution in [0.25, 0.3) is 0 Å². The Balaban J connectivity index is 1.36. The predicted molar refractivity (Wildman–Crippen MR) is 113 cm³/mol. The van der Waals surface area contributed by atoms with Gasteiger partial charge in [0.15, 0.2) is 0 Å². The van der Waals surface area contributed by atoms with E-state index < -0.39 is 16.1 Å². The fourth-order valence-electron chi connectivity index (χ4n) is 4.97. The van der Waals surface area contributed by atoms with Crippen molar-refractivity contribution in [2.45, 2.75) is 63.5 Å². The Kier molecular flexibility index (Phi) is 4.80. The van der Waals surface area contributed by atoms with Crippen molar-refractivity contribution in [3.05, 3.63) is 45.7 Å². The summed E-state index contributed by atoms with van der Waals surface area (Å²) < 4.78 is 33.2. The summed E-state index contributed by atoms with van der Waals surface area (Å²) in [7, 11) is -4.17. The average Bonchev–Trinajstić information content (AvgIpc) is 3.45. The van der Waals surface area contributed by atoms with E-state index in [0.29, 0.717) is 18.7 Å². The van der Waals surface area contributed by atoms with Crippen molar-refractivity contribution < 1.29 is 22.4 Å². The molecule has 0 saturated heterocycles. The van der Waals surface area contributed by atoms with Crippen LogP contribution in [0.15, 0.2) is 21.6 Å². The number of amides is 3. The lowest BCUT2D eigenvalue weighted by molar-refractivity contribution is -0.130. The van der Waals surface area contributed by atoms with E-state index >= 15 is 0 Å². The molecule has 1 aliphatic heterocycles. The van der Waals surface area contributed by atoms with E-state index in [9.17, 15) is 18.0 Å². The highest BCUT2D eigenvalue weighted by Crippen LogP contribution is 2.38. The van der Waals surface area contributed by atoms with Crippen molar-refractivity contribution in [2.75, 3.05) is 11.9 Å². The minimum Gasteiger partial charge on any atom is -0.446 e. The number of carbonyl (C=O) groups is 2. The minimum absolute atomic E-state index is 0.0908. The molecule has 0 unspecified atom stereocenters. The van der Waals surface area contributed by atoms with E-state index in [0.717, 1.165) is 60.9 Å². The third-order valence-electron chi connectivity index (χ3n) is 6.51. The monoisotopic (exact) mass is 443 g/mol. The van der Waals surface area contributed by atoms with Gasteiger partial charge in [0.2, 0.25) is 11.0 Å². The fraction of sp³-hybridized carbons (Fsp3) is 0.455. The first-order valence-corrected chi connectivity index (χ1v) is 12.2. The van der Waals surface area contributed by atoms with Crippen molar-refractivity contribution in [1.82, 2.24) is 9.62 Å². The number of nitrogens with zero attached hydrogens (tertiary/aromatic N) is 1. The number of nitrogens with one attached hydrogen (secondary N) is 2. The second-order valence-corrected chi connectivity index (χ2v) is 10.1. The van der Waals surface area contributed by atoms with Crippen LogP contribution in [-0.2, 0) is 53.5 Å². The van der Waals surface area contributed by atoms with Gasteiger partial charge in [-0.3, -0.25) is 4.79 Å². The number of fused-ring (bicyclic) bond motifs is 3. The van der Waals surface area contributed by atoms with Gasteiger partial charge in [-0.1, -0.05) is 6.07 Å². The van der Waals surface area contributed by atoms with Crippen molar-refractivity contribution >= 4 is 27.6 Å². The zero-order valence-electron chi connectivity index (χ0n) is 17.4. The molecule has 0 spiro atoms. The molecule has 9 heteroatoms. The van der Waals surface area contributed by atoms with E-state index in [1.54, 1.807) is 4.90 Å². The number of hydrogen-bond donors (Lipinski definition) is 2. The van der Waals surface area contributed by atoms with E-state index in [-0.39, 0.29) is 17.5 Å². The first-order chi connectivity index (χ1) is 14.8. The quantitative estimate of drug-likeness (QED) is 0.758. The summed E-state index contributed by atoms with van der Waals surface area (Å²) in [5.74, 6) is 0.354. The third-order valence-corrected chi connectivity index (χ3v) is 7.69. The maximum atomic E-state index is 12.8. The standard InChI is InChI=1S/C22H25N3O5S/c1-13(26)25-9-8-16-11-20(30-19(16)12-25)31(28,29)24-22(27)23-21-17-6-2-4-14(17)10-15-5-3-7-18(15)21/h10-11H,2-9,12H2,1H3,(H2,23,24,27). The maximum absolute atomic E-state index is 12.8. The second kappa shape index (κ2) is 7.40. The van der Waals surface area contributed by atoms with Crippen molar-refractivity contribution in [2.24, 2.45) is 0 Å². The van der Waals surface area contributed by atoms with E-state index in [4.69, 9.17) is 4.42 Å².